The summed E-state index contributed by atoms with van der Waals surface area (Å²) in [5, 5.41) is 19.0. The molecule has 7 heteroatoms. The maximum absolute atomic E-state index is 11.3. The topological polar surface area (TPSA) is 89.7 Å². The Labute approximate surface area is 164 Å². The average Bonchev–Trinajstić information content (AvgIpc) is 2.73. The minimum atomic E-state index is -0.903. The van der Waals surface area contributed by atoms with Gasteiger partial charge in [0.2, 0.25) is 0 Å². The second-order valence-corrected chi connectivity index (χ2v) is 6.59. The van der Waals surface area contributed by atoms with Crippen LogP contribution in [0.2, 0.25) is 0 Å². The second kappa shape index (κ2) is 8.61. The predicted molar refractivity (Wildman–Crippen MR) is 107 cm³/mol. The molecule has 1 aromatic carbocycles. The zero-order chi connectivity index (χ0) is 20.1. The molecule has 2 aromatic rings. The van der Waals surface area contributed by atoms with Crippen LogP contribution in [0.5, 0.6) is 5.75 Å². The van der Waals surface area contributed by atoms with Crippen LogP contribution in [0.4, 0.5) is 10.5 Å². The van der Waals surface area contributed by atoms with E-state index in [9.17, 15) is 15.2 Å². The van der Waals surface area contributed by atoms with Gasteiger partial charge in [-0.3, -0.25) is 0 Å². The van der Waals surface area contributed by atoms with Crippen LogP contribution in [0, 0.1) is 11.3 Å². The predicted octanol–water partition coefficient (Wildman–Crippen LogP) is 3.60. The van der Waals surface area contributed by atoms with Gasteiger partial charge in [0.25, 0.3) is 0 Å². The lowest BCUT2D eigenvalue weighted by Crippen LogP contribution is -2.54. The first-order valence-corrected chi connectivity index (χ1v) is 9.46. The largest absolute Gasteiger partial charge is 0.493 e. The van der Waals surface area contributed by atoms with Crippen LogP contribution in [0.1, 0.15) is 26.0 Å². The number of nitriles is 1. The summed E-state index contributed by atoms with van der Waals surface area (Å²) in [5.41, 5.74) is 2.61. The number of para-hydroxylation sites is 1. The fraction of sp³-hybridized carbons (Fsp3) is 0.381. The molecule has 2 heterocycles. The Bertz CT molecular complexity index is 893. The first kappa shape index (κ1) is 19.5. The molecule has 0 saturated carbocycles. The van der Waals surface area contributed by atoms with Crippen molar-refractivity contribution in [3.8, 4) is 23.1 Å². The number of ether oxygens (including phenoxy) is 1. The molecule has 1 atom stereocenters. The summed E-state index contributed by atoms with van der Waals surface area (Å²) >= 11 is 0. The first-order valence-electron chi connectivity index (χ1n) is 9.46. The summed E-state index contributed by atoms with van der Waals surface area (Å²) in [4.78, 5) is 19.4. The van der Waals surface area contributed by atoms with Gasteiger partial charge < -0.3 is 19.6 Å². The molecule has 146 valence electrons. The Morgan fingerprint density at radius 1 is 1.29 bits per heavy atom. The molecule has 1 aliphatic heterocycles. The molecule has 1 amide bonds. The normalized spacial score (nSPS) is 16.5. The smallest absolute Gasteiger partial charge is 0.407 e. The number of carboxylic acid groups (broad SMARTS) is 1. The van der Waals surface area contributed by atoms with E-state index in [-0.39, 0.29) is 6.04 Å². The molecule has 28 heavy (non-hydrogen) atoms. The molecule has 1 fully saturated rings. The maximum atomic E-state index is 11.3. The highest BCUT2D eigenvalue weighted by Gasteiger charge is 2.30. The van der Waals surface area contributed by atoms with Crippen LogP contribution in [0.25, 0.3) is 11.3 Å². The van der Waals surface area contributed by atoms with Gasteiger partial charge in [-0.15, -0.1) is 0 Å². The van der Waals surface area contributed by atoms with E-state index in [2.05, 4.69) is 16.0 Å². The lowest BCUT2D eigenvalue weighted by atomic mass is 10.1. The minimum Gasteiger partial charge on any atom is -0.493 e. The maximum Gasteiger partial charge on any atom is 0.407 e. The van der Waals surface area contributed by atoms with Gasteiger partial charge in [-0.05, 0) is 37.6 Å². The quantitative estimate of drug-likeness (QED) is 0.852. The molecule has 3 rings (SSSR count). The Kier molecular flexibility index (Phi) is 5.99. The monoisotopic (exact) mass is 380 g/mol. The van der Waals surface area contributed by atoms with Crippen LogP contribution >= 0.6 is 0 Å². The molecular formula is C21H24N4O3. The number of amides is 1. The average molecular weight is 380 g/mol. The third-order valence-electron chi connectivity index (χ3n) is 4.98. The first-order chi connectivity index (χ1) is 13.6. The summed E-state index contributed by atoms with van der Waals surface area (Å²) in [6, 6.07) is 13.7. The van der Waals surface area contributed by atoms with E-state index in [0.717, 1.165) is 23.4 Å². The van der Waals surface area contributed by atoms with E-state index in [1.807, 2.05) is 50.2 Å². The van der Waals surface area contributed by atoms with Crippen molar-refractivity contribution in [2.45, 2.75) is 26.3 Å². The highest BCUT2D eigenvalue weighted by molar-refractivity contribution is 5.71. The van der Waals surface area contributed by atoms with Crippen molar-refractivity contribution in [2.24, 2.45) is 0 Å². The van der Waals surface area contributed by atoms with Crippen LogP contribution in [0.15, 0.2) is 36.4 Å². The van der Waals surface area contributed by atoms with Crippen LogP contribution < -0.4 is 9.64 Å². The van der Waals surface area contributed by atoms with E-state index in [1.54, 1.807) is 0 Å². The van der Waals surface area contributed by atoms with Crippen molar-refractivity contribution in [3.05, 3.63) is 42.1 Å². The van der Waals surface area contributed by atoms with Gasteiger partial charge in [0.15, 0.2) is 5.69 Å². The number of anilines is 1. The number of rotatable bonds is 5. The lowest BCUT2D eigenvalue weighted by Gasteiger charge is -2.41. The summed E-state index contributed by atoms with van der Waals surface area (Å²) in [5.74, 6) is 0.732. The Morgan fingerprint density at radius 3 is 2.75 bits per heavy atom. The molecule has 1 saturated heterocycles. The number of hydrogen-bond donors (Lipinski definition) is 1. The molecule has 0 aliphatic carbocycles. The summed E-state index contributed by atoms with van der Waals surface area (Å²) in [6.07, 6.45) is -0.122. The highest BCUT2D eigenvalue weighted by atomic mass is 16.5. The van der Waals surface area contributed by atoms with E-state index in [4.69, 9.17) is 4.74 Å². The van der Waals surface area contributed by atoms with Crippen LogP contribution in [-0.2, 0) is 0 Å². The van der Waals surface area contributed by atoms with Crippen molar-refractivity contribution in [3.63, 3.8) is 0 Å². The van der Waals surface area contributed by atoms with E-state index >= 15 is 0 Å². The number of piperazine rings is 1. The van der Waals surface area contributed by atoms with Gasteiger partial charge in [-0.25, -0.2) is 9.78 Å². The zero-order valence-electron chi connectivity index (χ0n) is 16.1. The molecule has 0 bridgehead atoms. The van der Waals surface area contributed by atoms with Crippen molar-refractivity contribution in [2.75, 3.05) is 31.1 Å². The molecular weight excluding hydrogens is 356 g/mol. The molecule has 7 nitrogen and oxygen atoms in total. The number of carbonyl (C=O) groups is 1. The van der Waals surface area contributed by atoms with Gasteiger partial charge in [0.1, 0.15) is 11.8 Å². The minimum absolute atomic E-state index is 0.0142. The van der Waals surface area contributed by atoms with E-state index in [1.165, 1.54) is 4.90 Å². The third-order valence-corrected chi connectivity index (χ3v) is 4.98. The second-order valence-electron chi connectivity index (χ2n) is 6.59. The van der Waals surface area contributed by atoms with Crippen molar-refractivity contribution >= 4 is 11.8 Å². The summed E-state index contributed by atoms with van der Waals surface area (Å²) < 4.78 is 5.69. The number of benzene rings is 1. The highest BCUT2D eigenvalue weighted by Crippen LogP contribution is 2.32. The number of hydrogen-bond acceptors (Lipinski definition) is 5. The van der Waals surface area contributed by atoms with Crippen LogP contribution in [0.3, 0.4) is 0 Å². The molecule has 1 aromatic heterocycles. The molecule has 1 N–H and O–H groups in total. The molecule has 0 unspecified atom stereocenters. The molecule has 0 spiro atoms. The van der Waals surface area contributed by atoms with Crippen molar-refractivity contribution in [1.82, 2.24) is 9.88 Å². The Morgan fingerprint density at radius 2 is 2.07 bits per heavy atom. The summed E-state index contributed by atoms with van der Waals surface area (Å²) in [6.45, 7) is 5.87. The standard InChI is InChI=1S/C21H24N4O3/c1-3-15-14-24(21(26)27)11-12-25(15)19-10-9-17(23-18(19)13-22)16-7-5-6-8-20(16)28-4-2/h5-10,15H,3-4,11-12,14H2,1-2H3,(H,26,27)/t15-/m1/s1. The fourth-order valence-electron chi connectivity index (χ4n) is 3.57. The Hall–Kier alpha value is -3.27. The van der Waals surface area contributed by atoms with Crippen LogP contribution in [-0.4, -0.2) is 53.4 Å². The van der Waals surface area contributed by atoms with Crippen molar-refractivity contribution < 1.29 is 14.6 Å². The number of pyridine rings is 1. The van der Waals surface area contributed by atoms with Gasteiger partial charge in [0, 0.05) is 31.2 Å². The Balaban J connectivity index is 1.95. The summed E-state index contributed by atoms with van der Waals surface area (Å²) in [7, 11) is 0. The van der Waals surface area contributed by atoms with Crippen molar-refractivity contribution in [1.29, 1.82) is 5.26 Å². The van der Waals surface area contributed by atoms with E-state index in [0.29, 0.717) is 37.6 Å². The van der Waals surface area contributed by atoms with Gasteiger partial charge in [-0.1, -0.05) is 19.1 Å². The van der Waals surface area contributed by atoms with Gasteiger partial charge in [-0.2, -0.15) is 5.26 Å². The molecule has 0 radical (unpaired) electrons. The van der Waals surface area contributed by atoms with E-state index < -0.39 is 6.09 Å². The molecule has 1 aliphatic rings. The number of nitrogens with zero attached hydrogens (tertiary/aromatic N) is 4. The van der Waals surface area contributed by atoms with Gasteiger partial charge in [0.05, 0.1) is 18.0 Å². The fourth-order valence-corrected chi connectivity index (χ4v) is 3.57. The zero-order valence-corrected chi connectivity index (χ0v) is 16.1. The number of aromatic nitrogens is 1. The third kappa shape index (κ3) is 3.86. The lowest BCUT2D eigenvalue weighted by molar-refractivity contribution is 0.134. The SMILES string of the molecule is CCOc1ccccc1-c1ccc(N2CCN(C(=O)O)C[C@H]2CC)c(C#N)n1. The van der Waals surface area contributed by atoms with Gasteiger partial charge >= 0.3 is 6.09 Å².